The van der Waals surface area contributed by atoms with Gasteiger partial charge in [-0.1, -0.05) is 73.0 Å². The topological polar surface area (TPSA) is 58.8 Å². The molecule has 0 unspecified atom stereocenters. The lowest BCUT2D eigenvalue weighted by atomic mass is 9.94. The number of methoxy groups -OCH3 is 1. The van der Waals surface area contributed by atoms with Crippen molar-refractivity contribution in [2.24, 2.45) is 0 Å². The maximum atomic E-state index is 13.5. The molecule has 1 heterocycles. The molecular formula is C28H35N3O3. The third kappa shape index (κ3) is 5.68. The molecule has 4 rings (SSSR count). The highest BCUT2D eigenvalue weighted by Gasteiger charge is 2.29. The number of rotatable bonds is 10. The van der Waals surface area contributed by atoms with Gasteiger partial charge in [0.1, 0.15) is 5.69 Å². The first-order valence-electron chi connectivity index (χ1n) is 12.3. The van der Waals surface area contributed by atoms with E-state index in [2.05, 4.69) is 17.1 Å². The summed E-state index contributed by atoms with van der Waals surface area (Å²) in [6.07, 6.45) is 6.82. The highest BCUT2D eigenvalue weighted by atomic mass is 16.5. The van der Waals surface area contributed by atoms with Crippen molar-refractivity contribution >= 4 is 11.8 Å². The van der Waals surface area contributed by atoms with Gasteiger partial charge in [0.05, 0.1) is 12.1 Å². The Morgan fingerprint density at radius 2 is 1.71 bits per heavy atom. The van der Waals surface area contributed by atoms with Crippen molar-refractivity contribution < 1.29 is 14.1 Å². The molecule has 0 bridgehead atoms. The van der Waals surface area contributed by atoms with E-state index >= 15 is 0 Å². The Hall–Kier alpha value is -3.12. The molecule has 0 radical (unpaired) electrons. The summed E-state index contributed by atoms with van der Waals surface area (Å²) in [5.74, 6) is 0.770. The van der Waals surface area contributed by atoms with Gasteiger partial charge in [-0.2, -0.15) is 0 Å². The average molecular weight is 462 g/mol. The van der Waals surface area contributed by atoms with Crippen LogP contribution in [-0.2, 0) is 11.3 Å². The number of benzene rings is 2. The third-order valence-electron chi connectivity index (χ3n) is 6.69. The lowest BCUT2D eigenvalue weighted by Gasteiger charge is -2.32. The second kappa shape index (κ2) is 11.8. The van der Waals surface area contributed by atoms with Gasteiger partial charge < -0.3 is 19.1 Å². The summed E-state index contributed by atoms with van der Waals surface area (Å²) in [4.78, 5) is 17.7. The Kier molecular flexibility index (Phi) is 8.36. The standard InChI is InChI=1S/C28H35N3O3/c1-30(24-17-10-5-11-18-24)28-25(26(29-34-28)22-13-6-3-7-14-22)21-31(19-12-20-33-2)27(32)23-15-8-4-9-16-23/h3-4,6-9,13-16,24H,5,10-12,17-21H2,1-2H3. The van der Waals surface area contributed by atoms with Gasteiger partial charge in [0.15, 0.2) is 0 Å². The van der Waals surface area contributed by atoms with Crippen molar-refractivity contribution in [3.8, 4) is 11.3 Å². The number of nitrogens with zero attached hydrogens (tertiary/aromatic N) is 3. The minimum Gasteiger partial charge on any atom is -0.385 e. The quantitative estimate of drug-likeness (QED) is 0.358. The van der Waals surface area contributed by atoms with Crippen molar-refractivity contribution in [1.29, 1.82) is 0 Å². The number of anilines is 1. The predicted molar refractivity (Wildman–Crippen MR) is 135 cm³/mol. The molecule has 6 nitrogen and oxygen atoms in total. The van der Waals surface area contributed by atoms with Gasteiger partial charge in [-0.15, -0.1) is 0 Å². The van der Waals surface area contributed by atoms with Gasteiger partial charge in [-0.25, -0.2) is 0 Å². The molecule has 1 amide bonds. The smallest absolute Gasteiger partial charge is 0.254 e. The van der Waals surface area contributed by atoms with E-state index in [1.807, 2.05) is 65.6 Å². The van der Waals surface area contributed by atoms with E-state index in [-0.39, 0.29) is 5.91 Å². The normalized spacial score (nSPS) is 14.2. The van der Waals surface area contributed by atoms with Crippen molar-refractivity contribution in [3.05, 3.63) is 71.8 Å². The maximum Gasteiger partial charge on any atom is 0.254 e. The number of carbonyl (C=O) groups is 1. The van der Waals surface area contributed by atoms with Crippen LogP contribution in [0.25, 0.3) is 11.3 Å². The van der Waals surface area contributed by atoms with Crippen molar-refractivity contribution in [2.75, 3.05) is 32.2 Å². The highest BCUT2D eigenvalue weighted by molar-refractivity contribution is 5.94. The van der Waals surface area contributed by atoms with Gasteiger partial charge in [0.2, 0.25) is 5.88 Å². The monoisotopic (exact) mass is 461 g/mol. The Balaban J connectivity index is 1.69. The molecule has 0 aliphatic heterocycles. The SMILES string of the molecule is COCCCN(Cc1c(-c2ccccc2)noc1N(C)C1CCCCC1)C(=O)c1ccccc1. The van der Waals surface area contributed by atoms with E-state index in [4.69, 9.17) is 9.26 Å². The van der Waals surface area contributed by atoms with Gasteiger partial charge in [0, 0.05) is 44.5 Å². The van der Waals surface area contributed by atoms with Crippen LogP contribution in [-0.4, -0.2) is 49.3 Å². The van der Waals surface area contributed by atoms with Crippen LogP contribution in [0.5, 0.6) is 0 Å². The number of carbonyl (C=O) groups excluding carboxylic acids is 1. The van der Waals surface area contributed by atoms with Crippen molar-refractivity contribution in [2.45, 2.75) is 51.1 Å². The molecule has 6 heteroatoms. The molecule has 1 aromatic heterocycles. The van der Waals surface area contributed by atoms with Gasteiger partial charge in [0.25, 0.3) is 5.91 Å². The average Bonchev–Trinajstić information content (AvgIpc) is 3.32. The van der Waals surface area contributed by atoms with Crippen LogP contribution in [0, 0.1) is 0 Å². The van der Waals surface area contributed by atoms with Gasteiger partial charge in [-0.3, -0.25) is 4.79 Å². The summed E-state index contributed by atoms with van der Waals surface area (Å²) >= 11 is 0. The first-order valence-corrected chi connectivity index (χ1v) is 12.3. The first-order chi connectivity index (χ1) is 16.7. The Bertz CT molecular complexity index is 1030. The van der Waals surface area contributed by atoms with Crippen LogP contribution in [0.1, 0.15) is 54.4 Å². The molecular weight excluding hydrogens is 426 g/mol. The zero-order chi connectivity index (χ0) is 23.8. The summed E-state index contributed by atoms with van der Waals surface area (Å²) in [5, 5.41) is 4.50. The zero-order valence-corrected chi connectivity index (χ0v) is 20.3. The molecule has 2 aromatic carbocycles. The molecule has 0 saturated heterocycles. The molecule has 1 fully saturated rings. The van der Waals surface area contributed by atoms with Gasteiger partial charge in [-0.05, 0) is 31.4 Å². The van der Waals surface area contributed by atoms with E-state index < -0.39 is 0 Å². The molecule has 34 heavy (non-hydrogen) atoms. The van der Waals surface area contributed by atoms with E-state index in [1.165, 1.54) is 19.3 Å². The minimum atomic E-state index is 0.00295. The first kappa shape index (κ1) is 24.0. The van der Waals surface area contributed by atoms with Crippen LogP contribution in [0.15, 0.2) is 65.2 Å². The van der Waals surface area contributed by atoms with Crippen LogP contribution >= 0.6 is 0 Å². The van der Waals surface area contributed by atoms with E-state index in [1.54, 1.807) is 7.11 Å². The molecule has 3 aromatic rings. The van der Waals surface area contributed by atoms with Crippen LogP contribution in [0.4, 0.5) is 5.88 Å². The fourth-order valence-corrected chi connectivity index (χ4v) is 4.78. The fraction of sp³-hybridized carbons (Fsp3) is 0.429. The number of hydrogen-bond acceptors (Lipinski definition) is 5. The number of amides is 1. The van der Waals surface area contributed by atoms with Crippen molar-refractivity contribution in [3.63, 3.8) is 0 Å². The largest absolute Gasteiger partial charge is 0.385 e. The highest BCUT2D eigenvalue weighted by Crippen LogP contribution is 2.35. The summed E-state index contributed by atoms with van der Waals surface area (Å²) < 4.78 is 11.3. The Morgan fingerprint density at radius 1 is 1.03 bits per heavy atom. The molecule has 0 atom stereocenters. The summed E-state index contributed by atoms with van der Waals surface area (Å²) in [6.45, 7) is 1.62. The second-order valence-corrected chi connectivity index (χ2v) is 9.02. The molecule has 180 valence electrons. The van der Waals surface area contributed by atoms with Gasteiger partial charge >= 0.3 is 0 Å². The molecule has 1 aliphatic rings. The second-order valence-electron chi connectivity index (χ2n) is 9.02. The minimum absolute atomic E-state index is 0.00295. The fourth-order valence-electron chi connectivity index (χ4n) is 4.78. The molecule has 1 saturated carbocycles. The zero-order valence-electron chi connectivity index (χ0n) is 20.3. The molecule has 0 N–H and O–H groups in total. The number of hydrogen-bond donors (Lipinski definition) is 0. The van der Waals surface area contributed by atoms with Crippen LogP contribution < -0.4 is 4.90 Å². The molecule has 1 aliphatic carbocycles. The van der Waals surface area contributed by atoms with E-state index in [0.717, 1.165) is 42.0 Å². The lowest BCUT2D eigenvalue weighted by molar-refractivity contribution is 0.0724. The predicted octanol–water partition coefficient (Wildman–Crippen LogP) is 5.79. The van der Waals surface area contributed by atoms with E-state index in [9.17, 15) is 4.79 Å². The summed E-state index contributed by atoms with van der Waals surface area (Å²) in [5.41, 5.74) is 3.44. The number of ether oxygens (including phenoxy) is 1. The van der Waals surface area contributed by atoms with Crippen molar-refractivity contribution in [1.82, 2.24) is 10.1 Å². The Morgan fingerprint density at radius 3 is 2.38 bits per heavy atom. The maximum absolute atomic E-state index is 13.5. The summed E-state index contributed by atoms with van der Waals surface area (Å²) in [6, 6.07) is 20.0. The molecule has 0 spiro atoms. The number of aromatic nitrogens is 1. The van der Waals surface area contributed by atoms with Crippen LogP contribution in [0.2, 0.25) is 0 Å². The van der Waals surface area contributed by atoms with E-state index in [0.29, 0.717) is 31.3 Å². The Labute approximate surface area is 202 Å². The lowest BCUT2D eigenvalue weighted by Crippen LogP contribution is -2.35. The van der Waals surface area contributed by atoms with Crippen LogP contribution in [0.3, 0.4) is 0 Å². The third-order valence-corrected chi connectivity index (χ3v) is 6.69. The summed E-state index contributed by atoms with van der Waals surface area (Å²) in [7, 11) is 3.79.